The van der Waals surface area contributed by atoms with Gasteiger partial charge in [-0.05, 0) is 42.8 Å². The van der Waals surface area contributed by atoms with Crippen molar-refractivity contribution in [1.29, 1.82) is 0 Å². The normalized spacial score (nSPS) is 15.2. The molecule has 136 valence electrons. The van der Waals surface area contributed by atoms with Crippen LogP contribution in [0.5, 0.6) is 17.2 Å². The summed E-state index contributed by atoms with van der Waals surface area (Å²) in [5.41, 5.74) is 0.409. The highest BCUT2D eigenvalue weighted by Crippen LogP contribution is 2.31. The van der Waals surface area contributed by atoms with E-state index in [1.165, 1.54) is 0 Å². The zero-order valence-electron chi connectivity index (χ0n) is 14.5. The first-order valence-corrected chi connectivity index (χ1v) is 8.54. The molecular formula is C20H20O6. The lowest BCUT2D eigenvalue weighted by molar-refractivity contribution is -0.144. The van der Waals surface area contributed by atoms with Crippen LogP contribution in [0.2, 0.25) is 0 Å². The number of carbonyl (C=O) groups is 2. The maximum Gasteiger partial charge on any atom is 0.356 e. The van der Waals surface area contributed by atoms with Gasteiger partial charge in [0.15, 0.2) is 11.5 Å². The maximum absolute atomic E-state index is 12.3. The van der Waals surface area contributed by atoms with Gasteiger partial charge >= 0.3 is 11.9 Å². The Bertz CT molecular complexity index is 768. The maximum atomic E-state index is 12.3. The van der Waals surface area contributed by atoms with E-state index in [9.17, 15) is 9.59 Å². The van der Waals surface area contributed by atoms with Crippen LogP contribution >= 0.6 is 0 Å². The van der Waals surface area contributed by atoms with Crippen LogP contribution in [0.4, 0.5) is 0 Å². The average Bonchev–Trinajstić information content (AvgIpc) is 2.68. The molecule has 0 bridgehead atoms. The number of hydrogen-bond acceptors (Lipinski definition) is 6. The minimum atomic E-state index is -0.844. The number of esters is 2. The third-order valence-corrected chi connectivity index (χ3v) is 3.81. The molecular weight excluding hydrogens is 336 g/mol. The molecule has 1 unspecified atom stereocenters. The fourth-order valence-corrected chi connectivity index (χ4v) is 2.37. The number of carbonyl (C=O) groups excluding carboxylic acids is 2. The fourth-order valence-electron chi connectivity index (χ4n) is 2.37. The Kier molecular flexibility index (Phi) is 5.73. The summed E-state index contributed by atoms with van der Waals surface area (Å²) in [6, 6.07) is 13.3. The van der Waals surface area contributed by atoms with Crippen molar-refractivity contribution < 1.29 is 28.5 Å². The molecule has 0 aromatic heterocycles. The van der Waals surface area contributed by atoms with Gasteiger partial charge in [0.25, 0.3) is 0 Å². The molecule has 2 aromatic rings. The second kappa shape index (κ2) is 8.38. The van der Waals surface area contributed by atoms with Crippen molar-refractivity contribution in [2.45, 2.75) is 25.9 Å². The molecule has 0 N–H and O–H groups in total. The molecule has 6 nitrogen and oxygen atoms in total. The first-order chi connectivity index (χ1) is 12.7. The number of rotatable bonds is 6. The first-order valence-electron chi connectivity index (χ1n) is 8.54. The highest BCUT2D eigenvalue weighted by molar-refractivity contribution is 5.89. The van der Waals surface area contributed by atoms with Gasteiger partial charge in [0.2, 0.25) is 6.10 Å². The van der Waals surface area contributed by atoms with Crippen molar-refractivity contribution >= 4 is 11.9 Å². The van der Waals surface area contributed by atoms with E-state index in [0.29, 0.717) is 29.4 Å². The Morgan fingerprint density at radius 3 is 2.54 bits per heavy atom. The summed E-state index contributed by atoms with van der Waals surface area (Å²) >= 11 is 0. The fraction of sp³-hybridized carbons (Fsp3) is 0.300. The summed E-state index contributed by atoms with van der Waals surface area (Å²) < 4.78 is 21.6. The number of benzene rings is 2. The molecule has 1 aliphatic rings. The summed E-state index contributed by atoms with van der Waals surface area (Å²) in [5.74, 6) is 0.477. The Balaban J connectivity index is 1.56. The van der Waals surface area contributed by atoms with E-state index in [1.807, 2.05) is 13.0 Å². The van der Waals surface area contributed by atoms with Gasteiger partial charge in [0, 0.05) is 0 Å². The lowest BCUT2D eigenvalue weighted by Crippen LogP contribution is -2.39. The Labute approximate surface area is 151 Å². The van der Waals surface area contributed by atoms with Crippen LogP contribution in [0.3, 0.4) is 0 Å². The molecule has 1 atom stereocenters. The predicted octanol–water partition coefficient (Wildman–Crippen LogP) is 3.39. The van der Waals surface area contributed by atoms with Crippen LogP contribution in [0.25, 0.3) is 0 Å². The molecule has 3 rings (SSSR count). The van der Waals surface area contributed by atoms with Crippen molar-refractivity contribution in [3.63, 3.8) is 0 Å². The van der Waals surface area contributed by atoms with E-state index >= 15 is 0 Å². The van der Waals surface area contributed by atoms with Crippen LogP contribution in [-0.2, 0) is 9.53 Å². The van der Waals surface area contributed by atoms with Crippen LogP contribution in [0.15, 0.2) is 48.5 Å². The Hall–Kier alpha value is -3.02. The molecule has 0 saturated carbocycles. The third kappa shape index (κ3) is 4.33. The second-order valence-corrected chi connectivity index (χ2v) is 5.80. The molecule has 1 heterocycles. The highest BCUT2D eigenvalue weighted by Gasteiger charge is 2.29. The molecule has 0 spiro atoms. The number of unbranched alkanes of at least 4 members (excludes halogenated alkanes) is 1. The number of hydrogen-bond donors (Lipinski definition) is 0. The zero-order chi connectivity index (χ0) is 18.4. The van der Waals surface area contributed by atoms with Gasteiger partial charge in [-0.3, -0.25) is 0 Å². The van der Waals surface area contributed by atoms with Gasteiger partial charge in [-0.1, -0.05) is 25.5 Å². The lowest BCUT2D eigenvalue weighted by Gasteiger charge is -2.24. The molecule has 1 aliphatic heterocycles. The molecule has 6 heteroatoms. The molecule has 0 saturated heterocycles. The number of fused-ring (bicyclic) bond motifs is 1. The van der Waals surface area contributed by atoms with Crippen molar-refractivity contribution in [3.8, 4) is 17.2 Å². The van der Waals surface area contributed by atoms with Gasteiger partial charge in [0.1, 0.15) is 12.4 Å². The zero-order valence-corrected chi connectivity index (χ0v) is 14.5. The van der Waals surface area contributed by atoms with E-state index < -0.39 is 18.0 Å². The summed E-state index contributed by atoms with van der Waals surface area (Å²) in [7, 11) is 0. The van der Waals surface area contributed by atoms with Crippen molar-refractivity contribution in [1.82, 2.24) is 0 Å². The van der Waals surface area contributed by atoms with E-state index in [-0.39, 0.29) is 6.61 Å². The quantitative estimate of drug-likeness (QED) is 0.449. The standard InChI is InChI=1S/C20H20O6/c1-2-3-12-23-19(21)14-8-10-15(11-9-14)25-20(22)18-13-24-16-6-4-5-7-17(16)26-18/h4-11,18H,2-3,12-13H2,1H3. The predicted molar refractivity (Wildman–Crippen MR) is 93.6 cm³/mol. The topological polar surface area (TPSA) is 71.1 Å². The average molecular weight is 356 g/mol. The lowest BCUT2D eigenvalue weighted by atomic mass is 10.2. The monoisotopic (exact) mass is 356 g/mol. The van der Waals surface area contributed by atoms with Crippen LogP contribution in [0.1, 0.15) is 30.1 Å². The van der Waals surface area contributed by atoms with Gasteiger partial charge < -0.3 is 18.9 Å². The summed E-state index contributed by atoms with van der Waals surface area (Å²) in [4.78, 5) is 24.1. The molecule has 0 aliphatic carbocycles. The van der Waals surface area contributed by atoms with Gasteiger partial charge in [-0.2, -0.15) is 0 Å². The minimum absolute atomic E-state index is 0.0810. The molecule has 0 fully saturated rings. The summed E-state index contributed by atoms with van der Waals surface area (Å²) in [6.07, 6.45) is 0.941. The van der Waals surface area contributed by atoms with Gasteiger partial charge in [-0.15, -0.1) is 0 Å². The minimum Gasteiger partial charge on any atom is -0.485 e. The number of para-hydroxylation sites is 2. The summed E-state index contributed by atoms with van der Waals surface area (Å²) in [6.45, 7) is 2.50. The SMILES string of the molecule is CCCCOC(=O)c1ccc(OC(=O)C2COc3ccccc3O2)cc1. The molecule has 0 radical (unpaired) electrons. The van der Waals surface area contributed by atoms with Crippen LogP contribution < -0.4 is 14.2 Å². The Morgan fingerprint density at radius 1 is 1.08 bits per heavy atom. The second-order valence-electron chi connectivity index (χ2n) is 5.80. The third-order valence-electron chi connectivity index (χ3n) is 3.81. The van der Waals surface area contributed by atoms with Gasteiger partial charge in [-0.25, -0.2) is 9.59 Å². The van der Waals surface area contributed by atoms with Crippen molar-refractivity contribution in [2.75, 3.05) is 13.2 Å². The van der Waals surface area contributed by atoms with Crippen LogP contribution in [0, 0.1) is 0 Å². The van der Waals surface area contributed by atoms with Crippen LogP contribution in [-0.4, -0.2) is 31.3 Å². The first kappa shape index (κ1) is 17.8. The largest absolute Gasteiger partial charge is 0.485 e. The smallest absolute Gasteiger partial charge is 0.356 e. The van der Waals surface area contributed by atoms with Crippen molar-refractivity contribution in [2.24, 2.45) is 0 Å². The molecule has 26 heavy (non-hydrogen) atoms. The Morgan fingerprint density at radius 2 is 1.81 bits per heavy atom. The number of ether oxygens (including phenoxy) is 4. The van der Waals surface area contributed by atoms with E-state index in [4.69, 9.17) is 18.9 Å². The molecule has 2 aromatic carbocycles. The highest BCUT2D eigenvalue weighted by atomic mass is 16.6. The molecule has 0 amide bonds. The summed E-state index contributed by atoms with van der Waals surface area (Å²) in [5, 5.41) is 0. The van der Waals surface area contributed by atoms with Gasteiger partial charge in [0.05, 0.1) is 12.2 Å². The van der Waals surface area contributed by atoms with E-state index in [0.717, 1.165) is 12.8 Å². The van der Waals surface area contributed by atoms with Crippen molar-refractivity contribution in [3.05, 3.63) is 54.1 Å². The van der Waals surface area contributed by atoms with E-state index in [1.54, 1.807) is 42.5 Å². The van der Waals surface area contributed by atoms with E-state index in [2.05, 4.69) is 0 Å².